The number of nitrogen functional groups attached to an aromatic ring is 1. The summed E-state index contributed by atoms with van der Waals surface area (Å²) < 4.78 is 26.5. The molecule has 1 heterocycles. The number of rotatable bonds is 1. The van der Waals surface area contributed by atoms with Crippen LogP contribution in [0.4, 0.5) is 14.7 Å². The SMILES string of the molecule is CC(C)(C)c1nc(N)ncc1C(C)(F)F. The average Bonchev–Trinajstić information content (AvgIpc) is 2.00. The number of anilines is 1. The van der Waals surface area contributed by atoms with Crippen molar-refractivity contribution in [2.24, 2.45) is 0 Å². The summed E-state index contributed by atoms with van der Waals surface area (Å²) in [5.74, 6) is -2.93. The van der Waals surface area contributed by atoms with Gasteiger partial charge >= 0.3 is 0 Å². The van der Waals surface area contributed by atoms with Gasteiger partial charge in [-0.15, -0.1) is 0 Å². The van der Waals surface area contributed by atoms with E-state index in [0.717, 1.165) is 13.1 Å². The quantitative estimate of drug-likeness (QED) is 0.782. The zero-order chi connectivity index (χ0) is 11.9. The first-order chi connectivity index (χ1) is 6.62. The summed E-state index contributed by atoms with van der Waals surface area (Å²) >= 11 is 0. The lowest BCUT2D eigenvalue weighted by molar-refractivity contribution is 0.0147. The Hall–Kier alpha value is -1.26. The topological polar surface area (TPSA) is 51.8 Å². The molecule has 0 atom stereocenters. The number of nitrogens with zero attached hydrogens (tertiary/aromatic N) is 2. The van der Waals surface area contributed by atoms with Gasteiger partial charge in [0.25, 0.3) is 5.92 Å². The number of hydrogen-bond donors (Lipinski definition) is 1. The Labute approximate surface area is 87.7 Å². The lowest BCUT2D eigenvalue weighted by Gasteiger charge is -2.23. The van der Waals surface area contributed by atoms with Gasteiger partial charge < -0.3 is 5.73 Å². The molecule has 15 heavy (non-hydrogen) atoms. The number of hydrogen-bond acceptors (Lipinski definition) is 3. The van der Waals surface area contributed by atoms with Gasteiger partial charge in [-0.25, -0.2) is 18.7 Å². The predicted molar refractivity (Wildman–Crippen MR) is 54.7 cm³/mol. The zero-order valence-electron chi connectivity index (χ0n) is 9.31. The van der Waals surface area contributed by atoms with Gasteiger partial charge in [-0.2, -0.15) is 0 Å². The summed E-state index contributed by atoms with van der Waals surface area (Å²) in [6.45, 7) is 6.26. The molecule has 0 saturated heterocycles. The van der Waals surface area contributed by atoms with E-state index in [1.807, 2.05) is 20.8 Å². The molecule has 0 aliphatic carbocycles. The summed E-state index contributed by atoms with van der Waals surface area (Å²) in [7, 11) is 0. The van der Waals surface area contributed by atoms with Crippen LogP contribution in [-0.2, 0) is 11.3 Å². The highest BCUT2D eigenvalue weighted by molar-refractivity contribution is 5.32. The molecule has 0 radical (unpaired) electrons. The Kier molecular flexibility index (Phi) is 2.67. The number of alkyl halides is 2. The molecular weight excluding hydrogens is 200 g/mol. The molecule has 0 aliphatic heterocycles. The molecule has 0 fully saturated rings. The highest BCUT2D eigenvalue weighted by atomic mass is 19.3. The van der Waals surface area contributed by atoms with Gasteiger partial charge in [0.2, 0.25) is 5.95 Å². The van der Waals surface area contributed by atoms with Gasteiger partial charge in [-0.3, -0.25) is 0 Å². The minimum Gasteiger partial charge on any atom is -0.368 e. The fourth-order valence-electron chi connectivity index (χ4n) is 1.29. The number of halogens is 2. The van der Waals surface area contributed by atoms with Gasteiger partial charge in [-0.1, -0.05) is 20.8 Å². The van der Waals surface area contributed by atoms with Gasteiger partial charge in [0.15, 0.2) is 0 Å². The molecule has 5 heteroatoms. The Morgan fingerprint density at radius 2 is 1.73 bits per heavy atom. The third kappa shape index (κ3) is 2.61. The maximum atomic E-state index is 13.3. The Balaban J connectivity index is 3.41. The van der Waals surface area contributed by atoms with Crippen molar-refractivity contribution in [1.29, 1.82) is 0 Å². The summed E-state index contributed by atoms with van der Waals surface area (Å²) in [5, 5.41) is 0. The van der Waals surface area contributed by atoms with E-state index in [4.69, 9.17) is 5.73 Å². The highest BCUT2D eigenvalue weighted by Gasteiger charge is 2.33. The van der Waals surface area contributed by atoms with E-state index in [-0.39, 0.29) is 11.5 Å². The largest absolute Gasteiger partial charge is 0.368 e. The molecule has 1 rings (SSSR count). The van der Waals surface area contributed by atoms with Crippen LogP contribution in [0.25, 0.3) is 0 Å². The van der Waals surface area contributed by atoms with Crippen LogP contribution in [-0.4, -0.2) is 9.97 Å². The molecule has 0 aromatic carbocycles. The third-order valence-electron chi connectivity index (χ3n) is 1.99. The van der Waals surface area contributed by atoms with E-state index in [0.29, 0.717) is 5.69 Å². The van der Waals surface area contributed by atoms with E-state index in [1.54, 1.807) is 0 Å². The van der Waals surface area contributed by atoms with E-state index in [1.165, 1.54) is 0 Å². The van der Waals surface area contributed by atoms with E-state index >= 15 is 0 Å². The smallest absolute Gasteiger partial charge is 0.273 e. The van der Waals surface area contributed by atoms with E-state index in [9.17, 15) is 8.78 Å². The normalized spacial score (nSPS) is 12.9. The second-order valence-electron chi connectivity index (χ2n) is 4.63. The second kappa shape index (κ2) is 3.40. The molecule has 0 saturated carbocycles. The van der Waals surface area contributed by atoms with Crippen molar-refractivity contribution in [1.82, 2.24) is 9.97 Å². The Morgan fingerprint density at radius 3 is 2.13 bits per heavy atom. The van der Waals surface area contributed by atoms with Crippen molar-refractivity contribution in [3.63, 3.8) is 0 Å². The van der Waals surface area contributed by atoms with Crippen LogP contribution in [0, 0.1) is 0 Å². The van der Waals surface area contributed by atoms with Crippen molar-refractivity contribution in [3.8, 4) is 0 Å². The first-order valence-corrected chi connectivity index (χ1v) is 4.63. The van der Waals surface area contributed by atoms with E-state index in [2.05, 4.69) is 9.97 Å². The van der Waals surface area contributed by atoms with Crippen LogP contribution >= 0.6 is 0 Å². The molecule has 3 nitrogen and oxygen atoms in total. The summed E-state index contributed by atoms with van der Waals surface area (Å²) in [6, 6.07) is 0. The van der Waals surface area contributed by atoms with Crippen molar-refractivity contribution in [2.45, 2.75) is 39.0 Å². The minimum atomic E-state index is -2.95. The summed E-state index contributed by atoms with van der Waals surface area (Å²) in [4.78, 5) is 7.50. The molecular formula is C10H15F2N3. The van der Waals surface area contributed by atoms with Crippen molar-refractivity contribution < 1.29 is 8.78 Å². The zero-order valence-corrected chi connectivity index (χ0v) is 9.31. The van der Waals surface area contributed by atoms with Crippen LogP contribution in [0.3, 0.4) is 0 Å². The first kappa shape index (κ1) is 11.8. The minimum absolute atomic E-state index is 0.0212. The fourth-order valence-corrected chi connectivity index (χ4v) is 1.29. The van der Waals surface area contributed by atoms with Gasteiger partial charge in [0, 0.05) is 18.5 Å². The summed E-state index contributed by atoms with van der Waals surface area (Å²) in [5.41, 5.74) is 5.05. The van der Waals surface area contributed by atoms with Crippen LogP contribution < -0.4 is 5.73 Å². The molecule has 1 aromatic heterocycles. The first-order valence-electron chi connectivity index (χ1n) is 4.63. The third-order valence-corrected chi connectivity index (χ3v) is 1.99. The Bertz CT molecular complexity index is 364. The monoisotopic (exact) mass is 215 g/mol. The summed E-state index contributed by atoms with van der Waals surface area (Å²) in [6.07, 6.45) is 1.10. The molecule has 0 bridgehead atoms. The molecule has 0 unspecified atom stereocenters. The maximum absolute atomic E-state index is 13.3. The van der Waals surface area contributed by atoms with Crippen molar-refractivity contribution >= 4 is 5.95 Å². The van der Waals surface area contributed by atoms with Crippen LogP contribution in [0.5, 0.6) is 0 Å². The predicted octanol–water partition coefficient (Wildman–Crippen LogP) is 2.47. The second-order valence-corrected chi connectivity index (χ2v) is 4.63. The number of aromatic nitrogens is 2. The lowest BCUT2D eigenvalue weighted by atomic mass is 9.87. The molecule has 0 amide bonds. The average molecular weight is 215 g/mol. The van der Waals surface area contributed by atoms with Crippen molar-refractivity contribution in [2.75, 3.05) is 5.73 Å². The van der Waals surface area contributed by atoms with Gasteiger partial charge in [-0.05, 0) is 0 Å². The number of nitrogens with two attached hydrogens (primary N) is 1. The lowest BCUT2D eigenvalue weighted by Crippen LogP contribution is -2.23. The van der Waals surface area contributed by atoms with Gasteiger partial charge in [0.1, 0.15) is 0 Å². The Morgan fingerprint density at radius 1 is 1.20 bits per heavy atom. The fraction of sp³-hybridized carbons (Fsp3) is 0.600. The van der Waals surface area contributed by atoms with Crippen LogP contribution in [0.2, 0.25) is 0 Å². The van der Waals surface area contributed by atoms with Gasteiger partial charge in [0.05, 0.1) is 11.3 Å². The molecule has 1 aromatic rings. The molecule has 0 spiro atoms. The van der Waals surface area contributed by atoms with Crippen LogP contribution in [0.1, 0.15) is 39.0 Å². The highest BCUT2D eigenvalue weighted by Crippen LogP contribution is 2.34. The molecule has 0 aliphatic rings. The van der Waals surface area contributed by atoms with E-state index < -0.39 is 11.3 Å². The molecule has 84 valence electrons. The molecule has 2 N–H and O–H groups in total. The standard InChI is InChI=1S/C10H15F2N3/c1-9(2,3)7-6(10(4,11)12)5-14-8(13)15-7/h5H,1-4H3,(H2,13,14,15). The van der Waals surface area contributed by atoms with Crippen LogP contribution in [0.15, 0.2) is 6.20 Å². The van der Waals surface area contributed by atoms with Crippen molar-refractivity contribution in [3.05, 3.63) is 17.5 Å². The maximum Gasteiger partial charge on any atom is 0.273 e.